The molecule has 0 aliphatic rings. The van der Waals surface area contributed by atoms with Gasteiger partial charge in [0.1, 0.15) is 5.75 Å². The van der Waals surface area contributed by atoms with Gasteiger partial charge in [0.2, 0.25) is 0 Å². The van der Waals surface area contributed by atoms with Crippen molar-refractivity contribution in [2.75, 3.05) is 27.7 Å². The molecule has 1 aromatic heterocycles. The van der Waals surface area contributed by atoms with Crippen LogP contribution in [0.3, 0.4) is 0 Å². The minimum Gasteiger partial charge on any atom is -0.496 e. The first kappa shape index (κ1) is 16.8. The molecule has 1 aromatic carbocycles. The Kier molecular flexibility index (Phi) is 5.83. The maximum Gasteiger partial charge on any atom is 0.255 e. The molecular formula is C16H19ClN2O2S. The van der Waals surface area contributed by atoms with Crippen molar-refractivity contribution in [1.82, 2.24) is 10.2 Å². The summed E-state index contributed by atoms with van der Waals surface area (Å²) in [5, 5.41) is 5.50. The van der Waals surface area contributed by atoms with Crippen molar-refractivity contribution in [3.63, 3.8) is 0 Å². The number of benzene rings is 1. The number of methoxy groups -OCH3 is 1. The molecule has 0 fully saturated rings. The van der Waals surface area contributed by atoms with Crippen LogP contribution in [0.4, 0.5) is 0 Å². The van der Waals surface area contributed by atoms with Gasteiger partial charge in [-0.15, -0.1) is 11.3 Å². The van der Waals surface area contributed by atoms with E-state index in [9.17, 15) is 4.79 Å². The molecule has 118 valence electrons. The van der Waals surface area contributed by atoms with Crippen LogP contribution in [0.15, 0.2) is 35.7 Å². The molecule has 0 spiro atoms. The predicted molar refractivity (Wildman–Crippen MR) is 91.1 cm³/mol. The number of hydrogen-bond donors (Lipinski definition) is 1. The lowest BCUT2D eigenvalue weighted by Gasteiger charge is -2.23. The standard InChI is InChI=1S/C16H19ClN2O2S/c1-19(2)13(15-5-4-8-22-15)10-18-16(20)12-9-11(17)6-7-14(12)21-3/h4-9,13H,10H2,1-3H3,(H,18,20)/t13-/m0/s1. The number of ether oxygens (including phenoxy) is 1. The fraction of sp³-hybridized carbons (Fsp3) is 0.312. The van der Waals surface area contributed by atoms with Crippen LogP contribution in [0.25, 0.3) is 0 Å². The van der Waals surface area contributed by atoms with Crippen molar-refractivity contribution in [2.24, 2.45) is 0 Å². The van der Waals surface area contributed by atoms with Gasteiger partial charge in [-0.05, 0) is 43.7 Å². The van der Waals surface area contributed by atoms with E-state index in [-0.39, 0.29) is 11.9 Å². The minimum absolute atomic E-state index is 0.133. The molecule has 0 saturated heterocycles. The third-order valence-electron chi connectivity index (χ3n) is 3.36. The maximum absolute atomic E-state index is 12.4. The quantitative estimate of drug-likeness (QED) is 0.877. The smallest absolute Gasteiger partial charge is 0.255 e. The Morgan fingerprint density at radius 1 is 1.41 bits per heavy atom. The Bertz CT molecular complexity index is 629. The van der Waals surface area contributed by atoms with Crippen LogP contribution in [0.2, 0.25) is 5.02 Å². The number of halogens is 1. The van der Waals surface area contributed by atoms with E-state index in [1.165, 1.54) is 12.0 Å². The van der Waals surface area contributed by atoms with E-state index in [1.807, 2.05) is 25.5 Å². The van der Waals surface area contributed by atoms with Gasteiger partial charge >= 0.3 is 0 Å². The van der Waals surface area contributed by atoms with Gasteiger partial charge in [0.25, 0.3) is 5.91 Å². The van der Waals surface area contributed by atoms with E-state index in [0.717, 1.165) is 0 Å². The monoisotopic (exact) mass is 338 g/mol. The van der Waals surface area contributed by atoms with Crippen LogP contribution in [-0.4, -0.2) is 38.6 Å². The van der Waals surface area contributed by atoms with Crippen molar-refractivity contribution >= 4 is 28.8 Å². The first-order valence-corrected chi connectivity index (χ1v) is 8.10. The fourth-order valence-electron chi connectivity index (χ4n) is 2.16. The van der Waals surface area contributed by atoms with Gasteiger partial charge in [-0.2, -0.15) is 0 Å². The second-order valence-electron chi connectivity index (χ2n) is 5.05. The first-order valence-electron chi connectivity index (χ1n) is 6.84. The van der Waals surface area contributed by atoms with Crippen LogP contribution in [0.1, 0.15) is 21.3 Å². The van der Waals surface area contributed by atoms with Gasteiger partial charge in [0.15, 0.2) is 0 Å². The summed E-state index contributed by atoms with van der Waals surface area (Å²) < 4.78 is 5.22. The molecule has 0 bridgehead atoms. The molecule has 1 atom stereocenters. The highest BCUT2D eigenvalue weighted by Gasteiger charge is 2.18. The summed E-state index contributed by atoms with van der Waals surface area (Å²) in [4.78, 5) is 15.7. The molecule has 2 aromatic rings. The topological polar surface area (TPSA) is 41.6 Å². The Morgan fingerprint density at radius 3 is 2.77 bits per heavy atom. The Hall–Kier alpha value is -1.56. The van der Waals surface area contributed by atoms with Crippen molar-refractivity contribution in [3.05, 3.63) is 51.2 Å². The van der Waals surface area contributed by atoms with Gasteiger partial charge in [0.05, 0.1) is 18.7 Å². The zero-order valence-corrected chi connectivity index (χ0v) is 14.4. The lowest BCUT2D eigenvalue weighted by molar-refractivity contribution is 0.0939. The van der Waals surface area contributed by atoms with Crippen molar-refractivity contribution < 1.29 is 9.53 Å². The third kappa shape index (κ3) is 4.00. The van der Waals surface area contributed by atoms with E-state index in [0.29, 0.717) is 22.9 Å². The average molecular weight is 339 g/mol. The summed E-state index contributed by atoms with van der Waals surface area (Å²) >= 11 is 7.65. The number of carbonyl (C=O) groups excluding carboxylic acids is 1. The van der Waals surface area contributed by atoms with Crippen molar-refractivity contribution in [1.29, 1.82) is 0 Å². The second-order valence-corrected chi connectivity index (χ2v) is 6.47. The summed E-state index contributed by atoms with van der Waals surface area (Å²) in [5.74, 6) is 0.321. The summed E-state index contributed by atoms with van der Waals surface area (Å²) in [6, 6.07) is 9.23. The number of amides is 1. The highest BCUT2D eigenvalue weighted by molar-refractivity contribution is 7.10. The Labute approximate surface area is 139 Å². The number of nitrogens with zero attached hydrogens (tertiary/aromatic N) is 1. The predicted octanol–water partition coefficient (Wildman–Crippen LogP) is 3.44. The highest BCUT2D eigenvalue weighted by atomic mass is 35.5. The van der Waals surface area contributed by atoms with Crippen molar-refractivity contribution in [2.45, 2.75) is 6.04 Å². The number of rotatable bonds is 6. The van der Waals surface area contributed by atoms with E-state index in [1.54, 1.807) is 29.5 Å². The maximum atomic E-state index is 12.4. The Morgan fingerprint density at radius 2 is 2.18 bits per heavy atom. The number of likely N-dealkylation sites (N-methyl/N-ethyl adjacent to an activating group) is 1. The van der Waals surface area contributed by atoms with E-state index in [4.69, 9.17) is 16.3 Å². The number of carbonyl (C=O) groups is 1. The van der Waals surface area contributed by atoms with Gasteiger partial charge < -0.3 is 15.0 Å². The molecule has 0 unspecified atom stereocenters. The molecule has 2 rings (SSSR count). The van der Waals surface area contributed by atoms with Gasteiger partial charge in [-0.3, -0.25) is 4.79 Å². The molecule has 22 heavy (non-hydrogen) atoms. The zero-order chi connectivity index (χ0) is 16.1. The van der Waals surface area contributed by atoms with Gasteiger partial charge in [-0.25, -0.2) is 0 Å². The van der Waals surface area contributed by atoms with Crippen LogP contribution >= 0.6 is 22.9 Å². The first-order chi connectivity index (χ1) is 10.5. The lowest BCUT2D eigenvalue weighted by atomic mass is 10.1. The summed E-state index contributed by atoms with van der Waals surface area (Å²) in [7, 11) is 5.53. The third-order valence-corrected chi connectivity index (χ3v) is 4.57. The van der Waals surface area contributed by atoms with E-state index >= 15 is 0 Å². The van der Waals surface area contributed by atoms with Crippen LogP contribution in [0, 0.1) is 0 Å². The van der Waals surface area contributed by atoms with E-state index < -0.39 is 0 Å². The normalized spacial score (nSPS) is 12.2. The second kappa shape index (κ2) is 7.63. The minimum atomic E-state index is -0.192. The average Bonchev–Trinajstić information content (AvgIpc) is 3.01. The molecule has 6 heteroatoms. The lowest BCUT2D eigenvalue weighted by Crippen LogP contribution is -2.34. The number of thiophene rings is 1. The summed E-state index contributed by atoms with van der Waals surface area (Å²) in [5.41, 5.74) is 0.443. The molecule has 0 aliphatic heterocycles. The van der Waals surface area contributed by atoms with Crippen molar-refractivity contribution in [3.8, 4) is 5.75 Å². The molecule has 1 N–H and O–H groups in total. The van der Waals surface area contributed by atoms with Gasteiger partial charge in [-0.1, -0.05) is 17.7 Å². The van der Waals surface area contributed by atoms with Crippen LogP contribution in [0.5, 0.6) is 5.75 Å². The fourth-order valence-corrected chi connectivity index (χ4v) is 3.26. The molecular weight excluding hydrogens is 320 g/mol. The molecule has 0 saturated carbocycles. The summed E-state index contributed by atoms with van der Waals surface area (Å²) in [6.45, 7) is 0.516. The molecule has 1 heterocycles. The van der Waals surface area contributed by atoms with Crippen LogP contribution < -0.4 is 10.1 Å². The molecule has 0 aliphatic carbocycles. The van der Waals surface area contributed by atoms with Crippen LogP contribution in [-0.2, 0) is 0 Å². The summed E-state index contributed by atoms with van der Waals surface area (Å²) in [6.07, 6.45) is 0. The van der Waals surface area contributed by atoms with Gasteiger partial charge in [0, 0.05) is 16.4 Å². The molecule has 1 amide bonds. The van der Waals surface area contributed by atoms with E-state index in [2.05, 4.69) is 16.3 Å². The number of nitrogens with one attached hydrogen (secondary N) is 1. The largest absolute Gasteiger partial charge is 0.496 e. The highest BCUT2D eigenvalue weighted by Crippen LogP contribution is 2.24. The number of hydrogen-bond acceptors (Lipinski definition) is 4. The molecule has 0 radical (unpaired) electrons. The Balaban J connectivity index is 2.10. The molecule has 4 nitrogen and oxygen atoms in total. The zero-order valence-electron chi connectivity index (χ0n) is 12.8. The SMILES string of the molecule is COc1ccc(Cl)cc1C(=O)NC[C@@H](c1cccs1)N(C)C.